The first-order valence-corrected chi connectivity index (χ1v) is 6.87. The number of rotatable bonds is 7. The molecule has 1 aromatic carbocycles. The van der Waals surface area contributed by atoms with Gasteiger partial charge in [0.1, 0.15) is 0 Å². The smallest absolute Gasteiger partial charge is 0.255 e. The highest BCUT2D eigenvalue weighted by atomic mass is 32.2. The van der Waals surface area contributed by atoms with E-state index in [-0.39, 0.29) is 24.8 Å². The molecular weight excluding hydrogens is 272 g/mol. The molecule has 19 heavy (non-hydrogen) atoms. The molecule has 1 aromatic rings. The molecule has 1 rings (SSSR count). The molecule has 0 aliphatic rings. The maximum atomic E-state index is 12.3. The average Bonchev–Trinajstić information content (AvgIpc) is 2.37. The molecule has 0 spiro atoms. The Balaban J connectivity index is 2.49. The predicted molar refractivity (Wildman–Crippen MR) is 71.6 cm³/mol. The summed E-state index contributed by atoms with van der Waals surface area (Å²) in [5.41, 5.74) is 1.12. The molecule has 0 radical (unpaired) electrons. The molecule has 0 aromatic heterocycles. The minimum Gasteiger partial charge on any atom is -0.395 e. The molecule has 0 aliphatic heterocycles. The Hall–Kier alpha value is -1.14. The topological polar surface area (TPSA) is 40.5 Å². The maximum absolute atomic E-state index is 12.3. The van der Waals surface area contributed by atoms with Crippen molar-refractivity contribution >= 4 is 17.7 Å². The normalized spacial score (nSPS) is 10.8. The van der Waals surface area contributed by atoms with Gasteiger partial charge >= 0.3 is 0 Å². The average molecular weight is 289 g/mol. The second-order valence-electron chi connectivity index (χ2n) is 4.06. The molecule has 0 saturated carbocycles. The molecule has 0 atom stereocenters. The first-order valence-electron chi connectivity index (χ1n) is 5.89. The summed E-state index contributed by atoms with van der Waals surface area (Å²) in [6.45, 7) is 0.963. The highest BCUT2D eigenvalue weighted by molar-refractivity contribution is 8.00. The number of aliphatic hydroxyl groups excluding tert-OH is 1. The summed E-state index contributed by atoms with van der Waals surface area (Å²) in [6.07, 6.45) is -2.58. The molecule has 0 saturated heterocycles. The molecular formula is C13H17F2NO2S. The van der Waals surface area contributed by atoms with Crippen molar-refractivity contribution < 1.29 is 18.7 Å². The standard InChI is InChI=1S/C13H17F2NO2S/c1-10-2-4-11(5-3-10)19-9-13(18)16(6-7-17)8-12(14)15/h2-5,12,17H,6-9H2,1H3. The van der Waals surface area contributed by atoms with E-state index in [2.05, 4.69) is 0 Å². The van der Waals surface area contributed by atoms with Gasteiger partial charge in [0.15, 0.2) is 0 Å². The lowest BCUT2D eigenvalue weighted by atomic mass is 10.2. The van der Waals surface area contributed by atoms with Gasteiger partial charge in [-0.1, -0.05) is 17.7 Å². The number of hydrogen-bond donors (Lipinski definition) is 1. The Kier molecular flexibility index (Phi) is 6.80. The van der Waals surface area contributed by atoms with Gasteiger partial charge in [-0.3, -0.25) is 4.79 Å². The predicted octanol–water partition coefficient (Wildman–Crippen LogP) is 2.17. The van der Waals surface area contributed by atoms with Crippen LogP contribution in [0.15, 0.2) is 29.2 Å². The first kappa shape index (κ1) is 15.9. The summed E-state index contributed by atoms with van der Waals surface area (Å²) in [5, 5.41) is 8.77. The molecule has 1 amide bonds. The van der Waals surface area contributed by atoms with Crippen LogP contribution in [0, 0.1) is 6.92 Å². The van der Waals surface area contributed by atoms with Gasteiger partial charge in [-0.05, 0) is 19.1 Å². The van der Waals surface area contributed by atoms with Crippen LogP contribution in [0.1, 0.15) is 5.56 Å². The second-order valence-corrected chi connectivity index (χ2v) is 5.10. The summed E-state index contributed by atoms with van der Waals surface area (Å²) in [6, 6.07) is 7.63. The van der Waals surface area contributed by atoms with E-state index in [1.54, 1.807) is 0 Å². The molecule has 0 fully saturated rings. The molecule has 106 valence electrons. The SMILES string of the molecule is Cc1ccc(SCC(=O)N(CCO)CC(F)F)cc1. The lowest BCUT2D eigenvalue weighted by Crippen LogP contribution is -2.38. The third-order valence-corrected chi connectivity index (χ3v) is 3.46. The Morgan fingerprint density at radius 2 is 2.00 bits per heavy atom. The van der Waals surface area contributed by atoms with E-state index < -0.39 is 13.0 Å². The van der Waals surface area contributed by atoms with Gasteiger partial charge < -0.3 is 10.0 Å². The number of carbonyl (C=O) groups excluding carboxylic acids is 1. The van der Waals surface area contributed by atoms with Gasteiger partial charge in [0.25, 0.3) is 6.43 Å². The van der Waals surface area contributed by atoms with Crippen LogP contribution in [0.25, 0.3) is 0 Å². The number of carbonyl (C=O) groups is 1. The number of aryl methyl sites for hydroxylation is 1. The van der Waals surface area contributed by atoms with Crippen molar-refractivity contribution in [3.63, 3.8) is 0 Å². The van der Waals surface area contributed by atoms with Crippen molar-refractivity contribution in [3.05, 3.63) is 29.8 Å². The summed E-state index contributed by atoms with van der Waals surface area (Å²) in [4.78, 5) is 13.7. The third kappa shape index (κ3) is 6.02. The summed E-state index contributed by atoms with van der Waals surface area (Å²) < 4.78 is 24.6. The number of amides is 1. The Bertz CT molecular complexity index is 398. The van der Waals surface area contributed by atoms with Gasteiger partial charge in [-0.25, -0.2) is 8.78 Å². The van der Waals surface area contributed by atoms with Gasteiger partial charge in [-0.2, -0.15) is 0 Å². The van der Waals surface area contributed by atoms with Crippen LogP contribution in [-0.2, 0) is 4.79 Å². The van der Waals surface area contributed by atoms with Crippen molar-refractivity contribution in [1.29, 1.82) is 0 Å². The lowest BCUT2D eigenvalue weighted by Gasteiger charge is -2.21. The first-order chi connectivity index (χ1) is 9.02. The summed E-state index contributed by atoms with van der Waals surface area (Å²) in [7, 11) is 0. The molecule has 6 heteroatoms. The zero-order chi connectivity index (χ0) is 14.3. The van der Waals surface area contributed by atoms with Gasteiger partial charge in [0, 0.05) is 11.4 Å². The Morgan fingerprint density at radius 3 is 2.53 bits per heavy atom. The molecule has 0 aliphatic carbocycles. The van der Waals surface area contributed by atoms with Crippen molar-refractivity contribution in [3.8, 4) is 0 Å². The van der Waals surface area contributed by atoms with Crippen LogP contribution in [0.4, 0.5) is 8.78 Å². The highest BCUT2D eigenvalue weighted by Crippen LogP contribution is 2.18. The van der Waals surface area contributed by atoms with E-state index in [0.717, 1.165) is 15.4 Å². The van der Waals surface area contributed by atoms with E-state index in [9.17, 15) is 13.6 Å². The summed E-state index contributed by atoms with van der Waals surface area (Å²) in [5.74, 6) is -0.296. The Morgan fingerprint density at radius 1 is 1.37 bits per heavy atom. The van der Waals surface area contributed by atoms with Crippen molar-refractivity contribution in [2.24, 2.45) is 0 Å². The fraction of sp³-hybridized carbons (Fsp3) is 0.462. The highest BCUT2D eigenvalue weighted by Gasteiger charge is 2.17. The quantitative estimate of drug-likeness (QED) is 0.782. The van der Waals surface area contributed by atoms with E-state index in [4.69, 9.17) is 5.11 Å². The van der Waals surface area contributed by atoms with E-state index in [0.29, 0.717) is 0 Å². The van der Waals surface area contributed by atoms with Crippen LogP contribution >= 0.6 is 11.8 Å². The van der Waals surface area contributed by atoms with E-state index in [1.807, 2.05) is 31.2 Å². The maximum Gasteiger partial charge on any atom is 0.255 e. The van der Waals surface area contributed by atoms with Gasteiger partial charge in [0.05, 0.1) is 18.9 Å². The third-order valence-electron chi connectivity index (χ3n) is 2.46. The second kappa shape index (κ2) is 8.12. The van der Waals surface area contributed by atoms with Gasteiger partial charge in [0.2, 0.25) is 5.91 Å². The zero-order valence-electron chi connectivity index (χ0n) is 10.7. The van der Waals surface area contributed by atoms with Crippen LogP contribution in [0.2, 0.25) is 0 Å². The number of hydrogen-bond acceptors (Lipinski definition) is 3. The molecule has 0 heterocycles. The lowest BCUT2D eigenvalue weighted by molar-refractivity contribution is -0.130. The van der Waals surface area contributed by atoms with Crippen LogP contribution < -0.4 is 0 Å². The largest absolute Gasteiger partial charge is 0.395 e. The van der Waals surface area contributed by atoms with Crippen LogP contribution in [0.3, 0.4) is 0 Å². The number of halogens is 2. The van der Waals surface area contributed by atoms with Gasteiger partial charge in [-0.15, -0.1) is 11.8 Å². The Labute approximate surface area is 115 Å². The van der Waals surface area contributed by atoms with Crippen LogP contribution in [-0.4, -0.2) is 47.8 Å². The van der Waals surface area contributed by atoms with E-state index >= 15 is 0 Å². The molecule has 0 bridgehead atoms. The minimum absolute atomic E-state index is 0.0579. The number of benzene rings is 1. The number of thioether (sulfide) groups is 1. The van der Waals surface area contributed by atoms with Crippen LogP contribution in [0.5, 0.6) is 0 Å². The summed E-state index contributed by atoms with van der Waals surface area (Å²) >= 11 is 1.30. The monoisotopic (exact) mass is 289 g/mol. The fourth-order valence-corrected chi connectivity index (χ4v) is 2.28. The van der Waals surface area contributed by atoms with Crippen molar-refractivity contribution in [2.75, 3.05) is 25.4 Å². The van der Waals surface area contributed by atoms with Crippen molar-refractivity contribution in [2.45, 2.75) is 18.2 Å². The number of alkyl halides is 2. The van der Waals surface area contributed by atoms with E-state index in [1.165, 1.54) is 11.8 Å². The molecule has 1 N–H and O–H groups in total. The molecule has 0 unspecified atom stereocenters. The van der Waals surface area contributed by atoms with Crippen molar-refractivity contribution in [1.82, 2.24) is 4.90 Å². The fourth-order valence-electron chi connectivity index (χ4n) is 1.48. The molecule has 3 nitrogen and oxygen atoms in total. The minimum atomic E-state index is -2.58. The number of nitrogens with zero attached hydrogens (tertiary/aromatic N) is 1. The number of aliphatic hydroxyl groups is 1. The zero-order valence-corrected chi connectivity index (χ0v) is 11.5.